The topological polar surface area (TPSA) is 64.1 Å². The van der Waals surface area contributed by atoms with E-state index in [-0.39, 0.29) is 42.2 Å². The van der Waals surface area contributed by atoms with Crippen LogP contribution in [0.5, 0.6) is 5.75 Å². The highest BCUT2D eigenvalue weighted by atomic mass is 127. The second-order valence-corrected chi connectivity index (χ2v) is 6.33. The third-order valence-electron chi connectivity index (χ3n) is 3.78. The van der Waals surface area contributed by atoms with Crippen LogP contribution in [-0.2, 0) is 9.47 Å². The van der Waals surface area contributed by atoms with E-state index in [4.69, 9.17) is 14.2 Å². The predicted octanol–water partition coefficient (Wildman–Crippen LogP) is 2.82. The molecule has 1 fully saturated rings. The zero-order valence-electron chi connectivity index (χ0n) is 15.9. The van der Waals surface area contributed by atoms with Crippen LogP contribution in [0.3, 0.4) is 0 Å². The van der Waals surface area contributed by atoms with Gasteiger partial charge in [-0.3, -0.25) is 0 Å². The maximum atomic E-state index is 5.86. The Morgan fingerprint density at radius 2 is 2.08 bits per heavy atom. The van der Waals surface area contributed by atoms with Gasteiger partial charge in [0.1, 0.15) is 11.9 Å². The van der Waals surface area contributed by atoms with E-state index in [0.717, 1.165) is 31.3 Å². The molecule has 3 atom stereocenters. The van der Waals surface area contributed by atoms with Crippen LogP contribution in [0, 0.1) is 0 Å². The number of aliphatic imine (C=N–C) groups is 1. The molecule has 1 aromatic carbocycles. The fraction of sp³-hybridized carbons (Fsp3) is 0.632. The molecule has 0 bridgehead atoms. The lowest BCUT2D eigenvalue weighted by Gasteiger charge is -2.20. The Morgan fingerprint density at radius 3 is 2.73 bits per heavy atom. The minimum atomic E-state index is 0. The number of rotatable bonds is 9. The molecule has 26 heavy (non-hydrogen) atoms. The summed E-state index contributed by atoms with van der Waals surface area (Å²) in [5.41, 5.74) is 0. The summed E-state index contributed by atoms with van der Waals surface area (Å²) in [5, 5.41) is 6.64. The van der Waals surface area contributed by atoms with Gasteiger partial charge >= 0.3 is 0 Å². The largest absolute Gasteiger partial charge is 0.489 e. The highest BCUT2D eigenvalue weighted by Crippen LogP contribution is 2.11. The summed E-state index contributed by atoms with van der Waals surface area (Å²) in [7, 11) is 0. The summed E-state index contributed by atoms with van der Waals surface area (Å²) in [6.07, 6.45) is 1.21. The van der Waals surface area contributed by atoms with Gasteiger partial charge in [-0.15, -0.1) is 24.0 Å². The lowest BCUT2D eigenvalue weighted by Crippen LogP contribution is -2.45. The fourth-order valence-corrected chi connectivity index (χ4v) is 2.51. The van der Waals surface area contributed by atoms with Crippen molar-refractivity contribution in [2.75, 3.05) is 32.9 Å². The van der Waals surface area contributed by atoms with Gasteiger partial charge in [0, 0.05) is 19.2 Å². The molecule has 2 N–H and O–H groups in total. The average molecular weight is 477 g/mol. The average Bonchev–Trinajstić information content (AvgIpc) is 3.12. The van der Waals surface area contributed by atoms with Crippen LogP contribution in [0.2, 0.25) is 0 Å². The predicted molar refractivity (Wildman–Crippen MR) is 116 cm³/mol. The van der Waals surface area contributed by atoms with Gasteiger partial charge in [0.2, 0.25) is 0 Å². The minimum Gasteiger partial charge on any atom is -0.489 e. The third kappa shape index (κ3) is 9.05. The van der Waals surface area contributed by atoms with E-state index in [9.17, 15) is 0 Å². The molecule has 2 rings (SSSR count). The maximum Gasteiger partial charge on any atom is 0.191 e. The van der Waals surface area contributed by atoms with E-state index < -0.39 is 0 Å². The van der Waals surface area contributed by atoms with Crippen LogP contribution in [0.15, 0.2) is 35.3 Å². The quantitative estimate of drug-likeness (QED) is 0.326. The minimum absolute atomic E-state index is 0. The van der Waals surface area contributed by atoms with E-state index in [2.05, 4.69) is 29.5 Å². The van der Waals surface area contributed by atoms with Gasteiger partial charge in [-0.25, -0.2) is 4.99 Å². The zero-order valence-corrected chi connectivity index (χ0v) is 18.3. The Bertz CT molecular complexity index is 510. The van der Waals surface area contributed by atoms with E-state index in [1.54, 1.807) is 0 Å². The van der Waals surface area contributed by atoms with Crippen molar-refractivity contribution in [2.24, 2.45) is 4.99 Å². The molecule has 6 nitrogen and oxygen atoms in total. The molecule has 148 valence electrons. The fourth-order valence-electron chi connectivity index (χ4n) is 2.51. The van der Waals surface area contributed by atoms with Gasteiger partial charge in [-0.1, -0.05) is 18.2 Å². The molecule has 0 spiro atoms. The molecule has 1 heterocycles. The molecule has 0 amide bonds. The van der Waals surface area contributed by atoms with Gasteiger partial charge in [0.15, 0.2) is 5.96 Å². The highest BCUT2D eigenvalue weighted by molar-refractivity contribution is 14.0. The SMILES string of the molecule is CCNC(=NCC(C)Oc1ccccc1)NC(C)COC1CCOC1.I. The summed E-state index contributed by atoms with van der Waals surface area (Å²) >= 11 is 0. The van der Waals surface area contributed by atoms with Gasteiger partial charge in [0.05, 0.1) is 25.9 Å². The molecule has 0 radical (unpaired) electrons. The van der Waals surface area contributed by atoms with E-state index >= 15 is 0 Å². The van der Waals surface area contributed by atoms with E-state index in [1.165, 1.54) is 0 Å². The number of hydrogen-bond acceptors (Lipinski definition) is 4. The molecule has 0 aliphatic carbocycles. The maximum absolute atomic E-state index is 5.86. The molecular weight excluding hydrogens is 445 g/mol. The van der Waals surface area contributed by atoms with Crippen LogP contribution >= 0.6 is 24.0 Å². The number of para-hydroxylation sites is 1. The van der Waals surface area contributed by atoms with Gasteiger partial charge in [-0.2, -0.15) is 0 Å². The van der Waals surface area contributed by atoms with Crippen molar-refractivity contribution in [1.82, 2.24) is 10.6 Å². The molecule has 1 saturated heterocycles. The number of benzene rings is 1. The van der Waals surface area contributed by atoms with Crippen LogP contribution in [-0.4, -0.2) is 57.1 Å². The van der Waals surface area contributed by atoms with Crippen molar-refractivity contribution in [3.8, 4) is 5.75 Å². The Balaban J connectivity index is 0.00000338. The van der Waals surface area contributed by atoms with E-state index in [1.807, 2.05) is 37.3 Å². The molecular formula is C19H32IN3O3. The highest BCUT2D eigenvalue weighted by Gasteiger charge is 2.17. The van der Waals surface area contributed by atoms with Crippen molar-refractivity contribution < 1.29 is 14.2 Å². The standard InChI is InChI=1S/C19H31N3O3.HI/c1-4-20-19(22-15(2)13-24-18-10-11-23-14-18)21-12-16(3)25-17-8-6-5-7-9-17;/h5-9,15-16,18H,4,10-14H2,1-3H3,(H2,20,21,22);1H. The lowest BCUT2D eigenvalue weighted by atomic mass is 10.3. The summed E-state index contributed by atoms with van der Waals surface area (Å²) < 4.78 is 17.0. The third-order valence-corrected chi connectivity index (χ3v) is 3.78. The Morgan fingerprint density at radius 1 is 1.31 bits per heavy atom. The molecule has 7 heteroatoms. The summed E-state index contributed by atoms with van der Waals surface area (Å²) in [6.45, 7) is 9.69. The second kappa shape index (κ2) is 13.2. The van der Waals surface area contributed by atoms with Gasteiger partial charge < -0.3 is 24.8 Å². The van der Waals surface area contributed by atoms with Crippen LogP contribution in [0.4, 0.5) is 0 Å². The molecule has 1 aliphatic rings. The lowest BCUT2D eigenvalue weighted by molar-refractivity contribution is 0.0347. The first kappa shape index (κ1) is 23.0. The van der Waals surface area contributed by atoms with Crippen molar-refractivity contribution in [3.05, 3.63) is 30.3 Å². The normalized spacial score (nSPS) is 19.3. The second-order valence-electron chi connectivity index (χ2n) is 6.33. The number of nitrogens with one attached hydrogen (secondary N) is 2. The van der Waals surface area contributed by atoms with Crippen molar-refractivity contribution in [1.29, 1.82) is 0 Å². The van der Waals surface area contributed by atoms with Crippen molar-refractivity contribution in [3.63, 3.8) is 0 Å². The Hall–Kier alpha value is -1.06. The number of ether oxygens (including phenoxy) is 3. The molecule has 1 aromatic rings. The van der Waals surface area contributed by atoms with Crippen molar-refractivity contribution >= 4 is 29.9 Å². The Labute approximate surface area is 174 Å². The number of hydrogen-bond donors (Lipinski definition) is 2. The van der Waals surface area contributed by atoms with E-state index in [0.29, 0.717) is 19.8 Å². The molecule has 1 aliphatic heterocycles. The zero-order chi connectivity index (χ0) is 17.9. The Kier molecular flexibility index (Phi) is 11.6. The first-order valence-corrected chi connectivity index (χ1v) is 9.13. The smallest absolute Gasteiger partial charge is 0.191 e. The first-order chi connectivity index (χ1) is 12.2. The number of halogens is 1. The van der Waals surface area contributed by atoms with Crippen LogP contribution in [0.1, 0.15) is 27.2 Å². The summed E-state index contributed by atoms with van der Waals surface area (Å²) in [6, 6.07) is 9.99. The number of nitrogens with zero attached hydrogens (tertiary/aromatic N) is 1. The first-order valence-electron chi connectivity index (χ1n) is 9.13. The number of guanidine groups is 1. The van der Waals surface area contributed by atoms with Gasteiger partial charge in [-0.05, 0) is 39.3 Å². The van der Waals surface area contributed by atoms with Gasteiger partial charge in [0.25, 0.3) is 0 Å². The molecule has 0 saturated carbocycles. The molecule has 3 unspecified atom stereocenters. The molecule has 0 aromatic heterocycles. The summed E-state index contributed by atoms with van der Waals surface area (Å²) in [4.78, 5) is 4.62. The monoisotopic (exact) mass is 477 g/mol. The van der Waals surface area contributed by atoms with Crippen LogP contribution < -0.4 is 15.4 Å². The van der Waals surface area contributed by atoms with Crippen LogP contribution in [0.25, 0.3) is 0 Å². The van der Waals surface area contributed by atoms with Crippen molar-refractivity contribution in [2.45, 2.75) is 45.4 Å². The summed E-state index contributed by atoms with van der Waals surface area (Å²) in [5.74, 6) is 1.65.